The van der Waals surface area contributed by atoms with E-state index in [0.717, 1.165) is 33.2 Å². The van der Waals surface area contributed by atoms with E-state index >= 15 is 0 Å². The van der Waals surface area contributed by atoms with Gasteiger partial charge in [0.15, 0.2) is 27.3 Å². The Kier molecular flexibility index (Phi) is 9.29. The van der Waals surface area contributed by atoms with Crippen LogP contribution < -0.4 is 9.70 Å². The summed E-state index contributed by atoms with van der Waals surface area (Å²) < 4.78 is 9.27. The number of nitrogens with zero attached hydrogens (tertiary/aromatic N) is 6. The van der Waals surface area contributed by atoms with Crippen LogP contribution in [0.5, 0.6) is 0 Å². The number of unbranched alkanes of at least 4 members (excludes halogenated alkanes) is 1. The summed E-state index contributed by atoms with van der Waals surface area (Å²) >= 11 is 2.83. The van der Waals surface area contributed by atoms with Crippen LogP contribution >= 0.6 is 22.7 Å². The van der Waals surface area contributed by atoms with Gasteiger partial charge in [0, 0.05) is 33.0 Å². The maximum atomic E-state index is 11.4. The van der Waals surface area contributed by atoms with Crippen LogP contribution in [-0.2, 0) is 11.5 Å². The number of ether oxygens (including phenoxy) is 1. The molecule has 204 valence electrons. The molecule has 0 bridgehead atoms. The smallest absolute Gasteiger partial charge is 0.355 e. The Morgan fingerprint density at radius 1 is 1.28 bits per heavy atom. The molecule has 3 heterocycles. The third-order valence-corrected chi connectivity index (χ3v) is 9.50. The molecule has 0 atom stereocenters. The van der Waals surface area contributed by atoms with Gasteiger partial charge in [0.05, 0.1) is 10.2 Å². The first-order chi connectivity index (χ1) is 18.7. The van der Waals surface area contributed by atoms with Gasteiger partial charge >= 0.3 is 5.97 Å². The molecule has 1 aromatic carbocycles. The van der Waals surface area contributed by atoms with Crippen molar-refractivity contribution in [2.75, 3.05) is 18.1 Å². The summed E-state index contributed by atoms with van der Waals surface area (Å²) in [6.45, 7) is 10.6. The second kappa shape index (κ2) is 12.7. The summed E-state index contributed by atoms with van der Waals surface area (Å²) in [5.41, 5.74) is 1.89. The third kappa shape index (κ3) is 7.39. The summed E-state index contributed by atoms with van der Waals surface area (Å²) in [5.74, 6) is 2.64. The number of thiazole rings is 2. The van der Waals surface area contributed by atoms with Crippen LogP contribution in [0.15, 0.2) is 40.7 Å². The Hall–Kier alpha value is -3.37. The fourth-order valence-corrected chi connectivity index (χ4v) is 6.31. The van der Waals surface area contributed by atoms with Crippen LogP contribution in [0, 0.1) is 19.3 Å². The highest BCUT2D eigenvalue weighted by molar-refractivity contribution is 7.16. The summed E-state index contributed by atoms with van der Waals surface area (Å²) in [7, 11) is -1.19. The van der Waals surface area contributed by atoms with E-state index in [2.05, 4.69) is 57.4 Å². The first kappa shape index (κ1) is 28.6. The van der Waals surface area contributed by atoms with Gasteiger partial charge in [-0.25, -0.2) is 9.78 Å². The first-order valence-electron chi connectivity index (χ1n) is 12.6. The molecular formula is C27H32N6O3S2Si. The maximum Gasteiger partial charge on any atom is 0.355 e. The van der Waals surface area contributed by atoms with E-state index in [4.69, 9.17) is 16.2 Å². The zero-order valence-corrected chi connectivity index (χ0v) is 25.2. The number of carbonyl (C=O) groups is 1. The van der Waals surface area contributed by atoms with E-state index < -0.39 is 14.0 Å². The van der Waals surface area contributed by atoms with Crippen LogP contribution in [0.4, 0.5) is 16.8 Å². The van der Waals surface area contributed by atoms with Gasteiger partial charge in [0.1, 0.15) is 6.73 Å². The predicted molar refractivity (Wildman–Crippen MR) is 160 cm³/mol. The molecule has 0 unspecified atom stereocenters. The van der Waals surface area contributed by atoms with Gasteiger partial charge < -0.3 is 14.7 Å². The fourth-order valence-electron chi connectivity index (χ4n) is 3.70. The number of para-hydroxylation sites is 1. The van der Waals surface area contributed by atoms with Gasteiger partial charge in [-0.15, -0.1) is 33.9 Å². The number of aromatic nitrogens is 4. The maximum absolute atomic E-state index is 11.4. The second-order valence-electron chi connectivity index (χ2n) is 10.2. The number of carboxylic acids is 1. The SMILES string of the molecule is C#CCCCN(c1cc(C)c(/N=c2\sc3ccccc3n2COCC[Si](C)(C)C)nn1)c1nc(C(=O)O)cs1. The van der Waals surface area contributed by atoms with Crippen molar-refractivity contribution in [3.05, 3.63) is 51.8 Å². The molecule has 4 aromatic rings. The van der Waals surface area contributed by atoms with Crippen LogP contribution in [0.1, 0.15) is 28.9 Å². The van der Waals surface area contributed by atoms with E-state index in [9.17, 15) is 9.90 Å². The van der Waals surface area contributed by atoms with Crippen molar-refractivity contribution < 1.29 is 14.6 Å². The van der Waals surface area contributed by atoms with Gasteiger partial charge in [-0.05, 0) is 43.2 Å². The molecular weight excluding hydrogens is 549 g/mol. The number of carboxylic acid groups (broad SMARTS) is 1. The molecule has 0 aliphatic carbocycles. The molecule has 0 saturated heterocycles. The summed E-state index contributed by atoms with van der Waals surface area (Å²) in [5, 5.41) is 20.3. The summed E-state index contributed by atoms with van der Waals surface area (Å²) in [6.07, 6.45) is 6.72. The van der Waals surface area contributed by atoms with Crippen molar-refractivity contribution >= 4 is 63.7 Å². The Balaban J connectivity index is 1.66. The van der Waals surface area contributed by atoms with E-state index in [-0.39, 0.29) is 5.69 Å². The Morgan fingerprint density at radius 3 is 2.77 bits per heavy atom. The number of aromatic carboxylic acids is 1. The summed E-state index contributed by atoms with van der Waals surface area (Å²) in [6, 6.07) is 11.2. The van der Waals surface area contributed by atoms with Crippen molar-refractivity contribution in [1.29, 1.82) is 0 Å². The van der Waals surface area contributed by atoms with E-state index in [1.54, 1.807) is 11.3 Å². The van der Waals surface area contributed by atoms with Gasteiger partial charge in [0.25, 0.3) is 0 Å². The van der Waals surface area contributed by atoms with Crippen molar-refractivity contribution in [2.24, 2.45) is 4.99 Å². The second-order valence-corrected chi connectivity index (χ2v) is 17.7. The highest BCUT2D eigenvalue weighted by Crippen LogP contribution is 2.29. The molecule has 9 nitrogen and oxygen atoms in total. The molecule has 0 amide bonds. The molecule has 0 radical (unpaired) electrons. The van der Waals surface area contributed by atoms with Crippen molar-refractivity contribution in [3.63, 3.8) is 0 Å². The third-order valence-electron chi connectivity index (χ3n) is 5.87. The minimum absolute atomic E-state index is 0.00497. The molecule has 3 aromatic heterocycles. The molecule has 4 rings (SSSR count). The quantitative estimate of drug-likeness (QED) is 0.123. The number of fused-ring (bicyclic) bond motifs is 1. The molecule has 0 fully saturated rings. The van der Waals surface area contributed by atoms with Crippen LogP contribution in [0.3, 0.4) is 0 Å². The Morgan fingerprint density at radius 2 is 2.08 bits per heavy atom. The van der Waals surface area contributed by atoms with Gasteiger partial charge in [0.2, 0.25) is 0 Å². The first-order valence-corrected chi connectivity index (χ1v) is 18.0. The lowest BCUT2D eigenvalue weighted by Crippen LogP contribution is -2.23. The largest absolute Gasteiger partial charge is 0.476 e. The lowest BCUT2D eigenvalue weighted by Gasteiger charge is -2.20. The van der Waals surface area contributed by atoms with E-state index in [1.807, 2.05) is 30.0 Å². The highest BCUT2D eigenvalue weighted by Gasteiger charge is 2.19. The van der Waals surface area contributed by atoms with Crippen molar-refractivity contribution in [2.45, 2.75) is 52.2 Å². The lowest BCUT2D eigenvalue weighted by atomic mass is 10.2. The molecule has 0 aliphatic rings. The zero-order valence-electron chi connectivity index (χ0n) is 22.5. The number of hydrogen-bond donors (Lipinski definition) is 1. The fraction of sp³-hybridized carbons (Fsp3) is 0.370. The topological polar surface area (TPSA) is 106 Å². The van der Waals surface area contributed by atoms with Crippen molar-refractivity contribution in [3.8, 4) is 12.3 Å². The molecule has 1 N–H and O–H groups in total. The molecule has 12 heteroatoms. The van der Waals surface area contributed by atoms with Crippen molar-refractivity contribution in [1.82, 2.24) is 19.7 Å². The Labute approximate surface area is 236 Å². The van der Waals surface area contributed by atoms with Gasteiger partial charge in [-0.3, -0.25) is 4.57 Å². The van der Waals surface area contributed by atoms with Crippen LogP contribution in [0.2, 0.25) is 25.7 Å². The lowest BCUT2D eigenvalue weighted by molar-refractivity contribution is 0.0691. The van der Waals surface area contributed by atoms with Gasteiger partial charge in [-0.2, -0.15) is 4.99 Å². The summed E-state index contributed by atoms with van der Waals surface area (Å²) in [4.78, 5) is 23.2. The molecule has 0 spiro atoms. The Bertz CT molecular complexity index is 1560. The van der Waals surface area contributed by atoms with Gasteiger partial charge in [-0.1, -0.05) is 43.1 Å². The minimum Gasteiger partial charge on any atom is -0.476 e. The monoisotopic (exact) mass is 580 g/mol. The molecule has 0 aliphatic heterocycles. The molecule has 39 heavy (non-hydrogen) atoms. The number of rotatable bonds is 12. The highest BCUT2D eigenvalue weighted by atomic mass is 32.1. The van der Waals surface area contributed by atoms with Crippen LogP contribution in [0.25, 0.3) is 10.2 Å². The number of anilines is 2. The standard InChI is InChI=1S/C27H32N6O3S2Si/c1-6-7-10-13-32(26-28-20(17-37-26)25(34)35)23-16-19(2)24(31-30-23)29-27-33(18-36-14-15-39(3,4)5)21-11-8-9-12-22(21)38-27/h1,8-9,11-12,16-17H,7,10,13-15,18H2,2-5H3,(H,34,35)/b29-27-. The average Bonchev–Trinajstić information content (AvgIpc) is 3.51. The molecule has 0 saturated carbocycles. The zero-order chi connectivity index (χ0) is 28.0. The number of benzene rings is 1. The predicted octanol–water partition coefficient (Wildman–Crippen LogP) is 6.05. The number of terminal acetylenes is 1. The number of hydrogen-bond acceptors (Lipinski definition) is 9. The van der Waals surface area contributed by atoms with E-state index in [1.165, 1.54) is 16.7 Å². The van der Waals surface area contributed by atoms with E-state index in [0.29, 0.717) is 42.9 Å². The normalized spacial score (nSPS) is 12.1. The van der Waals surface area contributed by atoms with Crippen LogP contribution in [-0.4, -0.2) is 52.0 Å². The number of aryl methyl sites for hydroxylation is 1. The average molecular weight is 581 g/mol. The minimum atomic E-state index is -1.19.